The minimum atomic E-state index is 0.132. The van der Waals surface area contributed by atoms with Crippen molar-refractivity contribution >= 4 is 22.6 Å². The Bertz CT molecular complexity index is 900. The number of aryl methyl sites for hydroxylation is 1. The van der Waals surface area contributed by atoms with Crippen LogP contribution in [-0.4, -0.2) is 36.0 Å². The zero-order valence-electron chi connectivity index (χ0n) is 15.7. The summed E-state index contributed by atoms with van der Waals surface area (Å²) in [6.07, 6.45) is 3.16. The molecule has 1 aromatic heterocycles. The van der Waals surface area contributed by atoms with Crippen molar-refractivity contribution in [2.45, 2.75) is 25.7 Å². The predicted molar refractivity (Wildman–Crippen MR) is 109 cm³/mol. The average Bonchev–Trinajstić information content (AvgIpc) is 3.09. The van der Waals surface area contributed by atoms with Crippen molar-refractivity contribution in [3.63, 3.8) is 0 Å². The molecule has 2 aromatic carbocycles. The minimum absolute atomic E-state index is 0.132. The molecule has 0 radical (unpaired) electrons. The number of nitrogens with zero attached hydrogens (tertiary/aromatic N) is 2. The van der Waals surface area contributed by atoms with Gasteiger partial charge in [0.25, 0.3) is 0 Å². The molecule has 0 saturated heterocycles. The number of benzene rings is 2. The monoisotopic (exact) mass is 362 g/mol. The van der Waals surface area contributed by atoms with Crippen molar-refractivity contribution in [1.29, 1.82) is 0 Å². The number of anilines is 1. The zero-order chi connectivity index (χ0) is 18.6. The van der Waals surface area contributed by atoms with E-state index in [0.717, 1.165) is 49.2 Å². The Morgan fingerprint density at radius 3 is 2.93 bits per heavy atom. The lowest BCUT2D eigenvalue weighted by atomic mass is 9.93. The lowest BCUT2D eigenvalue weighted by molar-refractivity contribution is -0.121. The molecule has 1 aliphatic heterocycles. The van der Waals surface area contributed by atoms with E-state index in [1.807, 2.05) is 24.3 Å². The molecule has 1 atom stereocenters. The fraction of sp³-hybridized carbons (Fsp3) is 0.364. The molecular weight excluding hydrogens is 336 g/mol. The minimum Gasteiger partial charge on any atom is -0.374 e. The van der Waals surface area contributed by atoms with E-state index in [1.165, 1.54) is 11.3 Å². The third-order valence-corrected chi connectivity index (χ3v) is 5.29. The number of rotatable bonds is 6. The van der Waals surface area contributed by atoms with Crippen LogP contribution >= 0.6 is 0 Å². The van der Waals surface area contributed by atoms with Crippen LogP contribution in [0, 0.1) is 5.92 Å². The number of aromatic amines is 1. The molecule has 0 saturated carbocycles. The molecule has 3 aromatic rings. The number of carbonyl (C=O) groups is 1. The van der Waals surface area contributed by atoms with Crippen LogP contribution in [0.1, 0.15) is 24.2 Å². The molecular formula is C22H26N4O. The molecule has 0 aliphatic carbocycles. The number of carbonyl (C=O) groups excluding carboxylic acids is 1. The van der Waals surface area contributed by atoms with Gasteiger partial charge in [0.05, 0.1) is 11.0 Å². The van der Waals surface area contributed by atoms with Gasteiger partial charge in [0.2, 0.25) is 5.91 Å². The maximum absolute atomic E-state index is 12.2. The van der Waals surface area contributed by atoms with E-state index < -0.39 is 0 Å². The second-order valence-electron chi connectivity index (χ2n) is 7.44. The standard InChI is InChI=1S/C22H26N4O/c1-26-15-16(13-17-7-2-5-10-20(17)26)14-23-22(27)12-6-11-21-24-18-8-3-4-9-19(18)25-21/h2-5,7-10,16H,6,11-15H2,1H3,(H,23,27)(H,24,25). The summed E-state index contributed by atoms with van der Waals surface area (Å²) in [5, 5.41) is 3.12. The summed E-state index contributed by atoms with van der Waals surface area (Å²) in [5.74, 6) is 1.55. The van der Waals surface area contributed by atoms with Crippen LogP contribution in [0.2, 0.25) is 0 Å². The second kappa shape index (κ2) is 7.82. The van der Waals surface area contributed by atoms with Gasteiger partial charge in [-0.25, -0.2) is 4.98 Å². The highest BCUT2D eigenvalue weighted by atomic mass is 16.1. The SMILES string of the molecule is CN1CC(CNC(=O)CCCc2nc3ccccc3[nH]2)Cc2ccccc21. The quantitative estimate of drug-likeness (QED) is 0.707. The molecule has 4 rings (SSSR count). The third-order valence-electron chi connectivity index (χ3n) is 5.29. The molecule has 0 spiro atoms. The van der Waals surface area contributed by atoms with E-state index in [4.69, 9.17) is 0 Å². The highest BCUT2D eigenvalue weighted by Crippen LogP contribution is 2.27. The fourth-order valence-electron chi connectivity index (χ4n) is 3.94. The Morgan fingerprint density at radius 2 is 2.04 bits per heavy atom. The number of amides is 1. The van der Waals surface area contributed by atoms with Gasteiger partial charge >= 0.3 is 0 Å². The Labute approximate surface area is 159 Å². The lowest BCUT2D eigenvalue weighted by Gasteiger charge is -2.33. The Kier molecular flexibility index (Phi) is 5.10. The van der Waals surface area contributed by atoms with E-state index in [0.29, 0.717) is 12.3 Å². The van der Waals surface area contributed by atoms with Crippen LogP contribution in [0.25, 0.3) is 11.0 Å². The van der Waals surface area contributed by atoms with Crippen LogP contribution in [0.3, 0.4) is 0 Å². The number of nitrogens with one attached hydrogen (secondary N) is 2. The summed E-state index contributed by atoms with van der Waals surface area (Å²) < 4.78 is 0. The van der Waals surface area contributed by atoms with Gasteiger partial charge in [-0.15, -0.1) is 0 Å². The number of hydrogen-bond acceptors (Lipinski definition) is 3. The van der Waals surface area contributed by atoms with Crippen molar-refractivity contribution in [2.24, 2.45) is 5.92 Å². The van der Waals surface area contributed by atoms with Crippen LogP contribution in [0.15, 0.2) is 48.5 Å². The number of aromatic nitrogens is 2. The largest absolute Gasteiger partial charge is 0.374 e. The van der Waals surface area contributed by atoms with Crippen LogP contribution < -0.4 is 10.2 Å². The van der Waals surface area contributed by atoms with Crippen LogP contribution in [-0.2, 0) is 17.6 Å². The molecule has 2 heterocycles. The summed E-state index contributed by atoms with van der Waals surface area (Å²) in [5.41, 5.74) is 4.72. The van der Waals surface area contributed by atoms with Crippen molar-refractivity contribution in [3.05, 3.63) is 59.9 Å². The molecule has 27 heavy (non-hydrogen) atoms. The van der Waals surface area contributed by atoms with E-state index in [1.54, 1.807) is 0 Å². The van der Waals surface area contributed by atoms with E-state index in [-0.39, 0.29) is 5.91 Å². The smallest absolute Gasteiger partial charge is 0.220 e. The van der Waals surface area contributed by atoms with Crippen LogP contribution in [0.4, 0.5) is 5.69 Å². The highest BCUT2D eigenvalue weighted by molar-refractivity contribution is 5.76. The highest BCUT2D eigenvalue weighted by Gasteiger charge is 2.22. The fourth-order valence-corrected chi connectivity index (χ4v) is 3.94. The zero-order valence-corrected chi connectivity index (χ0v) is 15.7. The first-order valence-corrected chi connectivity index (χ1v) is 9.68. The average molecular weight is 362 g/mol. The van der Waals surface area contributed by atoms with Gasteiger partial charge in [0.15, 0.2) is 0 Å². The Balaban J connectivity index is 1.22. The van der Waals surface area contributed by atoms with Gasteiger partial charge in [-0.2, -0.15) is 0 Å². The number of para-hydroxylation sites is 3. The second-order valence-corrected chi connectivity index (χ2v) is 7.44. The molecule has 0 fully saturated rings. The first-order chi connectivity index (χ1) is 13.2. The summed E-state index contributed by atoms with van der Waals surface area (Å²) in [4.78, 5) is 22.4. The third kappa shape index (κ3) is 4.13. The Hall–Kier alpha value is -2.82. The number of H-pyrrole nitrogens is 1. The summed E-state index contributed by atoms with van der Waals surface area (Å²) in [7, 11) is 2.13. The molecule has 0 bridgehead atoms. The maximum atomic E-state index is 12.2. The summed E-state index contributed by atoms with van der Waals surface area (Å²) >= 11 is 0. The van der Waals surface area contributed by atoms with Gasteiger partial charge < -0.3 is 15.2 Å². The molecule has 1 amide bonds. The molecule has 140 valence electrons. The van der Waals surface area contributed by atoms with E-state index >= 15 is 0 Å². The summed E-state index contributed by atoms with van der Waals surface area (Å²) in [6.45, 7) is 1.72. The first kappa shape index (κ1) is 17.6. The molecule has 5 heteroatoms. The number of fused-ring (bicyclic) bond motifs is 2. The topological polar surface area (TPSA) is 61.0 Å². The van der Waals surface area contributed by atoms with Gasteiger partial charge in [-0.3, -0.25) is 4.79 Å². The van der Waals surface area contributed by atoms with Gasteiger partial charge in [0.1, 0.15) is 5.82 Å². The molecule has 1 aliphatic rings. The van der Waals surface area contributed by atoms with Crippen molar-refractivity contribution in [2.75, 3.05) is 25.0 Å². The van der Waals surface area contributed by atoms with Crippen molar-refractivity contribution in [1.82, 2.24) is 15.3 Å². The van der Waals surface area contributed by atoms with Crippen molar-refractivity contribution < 1.29 is 4.79 Å². The van der Waals surface area contributed by atoms with Gasteiger partial charge in [0, 0.05) is 38.7 Å². The summed E-state index contributed by atoms with van der Waals surface area (Å²) in [6, 6.07) is 16.5. The van der Waals surface area contributed by atoms with Gasteiger partial charge in [-0.1, -0.05) is 30.3 Å². The van der Waals surface area contributed by atoms with E-state index in [9.17, 15) is 4.79 Å². The predicted octanol–water partition coefficient (Wildman–Crippen LogP) is 3.31. The molecule has 5 nitrogen and oxygen atoms in total. The molecule has 1 unspecified atom stereocenters. The Morgan fingerprint density at radius 1 is 1.22 bits per heavy atom. The normalized spacial score (nSPS) is 16.3. The lowest BCUT2D eigenvalue weighted by Crippen LogP contribution is -2.39. The van der Waals surface area contributed by atoms with Gasteiger partial charge in [-0.05, 0) is 42.5 Å². The van der Waals surface area contributed by atoms with Crippen molar-refractivity contribution in [3.8, 4) is 0 Å². The first-order valence-electron chi connectivity index (χ1n) is 9.68. The number of hydrogen-bond donors (Lipinski definition) is 2. The maximum Gasteiger partial charge on any atom is 0.220 e. The molecule has 2 N–H and O–H groups in total. The number of imidazole rings is 1. The van der Waals surface area contributed by atoms with Crippen LogP contribution in [0.5, 0.6) is 0 Å². The van der Waals surface area contributed by atoms with E-state index in [2.05, 4.69) is 51.5 Å².